The monoisotopic (exact) mass is 253 g/mol. The van der Waals surface area contributed by atoms with Crippen molar-refractivity contribution in [3.8, 4) is 0 Å². The van der Waals surface area contributed by atoms with Crippen LogP contribution in [0.1, 0.15) is 10.7 Å². The van der Waals surface area contributed by atoms with Crippen LogP contribution in [-0.4, -0.2) is 27.2 Å². The molecule has 2 aromatic heterocycles. The van der Waals surface area contributed by atoms with Crippen molar-refractivity contribution in [2.24, 2.45) is 0 Å². The third-order valence-corrected chi connectivity index (χ3v) is 3.77. The normalized spacial score (nSPS) is 10.4. The molecule has 0 aliphatic carbocycles. The number of rotatable bonds is 4. The molecule has 0 spiro atoms. The highest BCUT2D eigenvalue weighted by molar-refractivity contribution is 7.98. The summed E-state index contributed by atoms with van der Waals surface area (Å²) >= 11 is 3.12. The molecule has 0 saturated carbocycles. The average molecular weight is 253 g/mol. The van der Waals surface area contributed by atoms with Gasteiger partial charge in [0.05, 0.1) is 5.75 Å². The molecule has 0 radical (unpaired) electrons. The van der Waals surface area contributed by atoms with E-state index < -0.39 is 0 Å². The zero-order valence-corrected chi connectivity index (χ0v) is 10.6. The molecule has 0 saturated heterocycles. The molecule has 2 aromatic rings. The highest BCUT2D eigenvalue weighted by Crippen LogP contribution is 2.23. The van der Waals surface area contributed by atoms with Gasteiger partial charge in [-0.2, -0.15) is 0 Å². The van der Waals surface area contributed by atoms with Gasteiger partial charge in [-0.05, 0) is 13.0 Å². The Labute approximate surface area is 102 Å². The summed E-state index contributed by atoms with van der Waals surface area (Å²) in [6.45, 7) is 1.95. The smallest absolute Gasteiger partial charge is 0.205 e. The van der Waals surface area contributed by atoms with Gasteiger partial charge in [0.2, 0.25) is 5.13 Å². The molecule has 0 atom stereocenters. The minimum atomic E-state index is 0.753. The average Bonchev–Trinajstić information content (AvgIpc) is 2.74. The van der Waals surface area contributed by atoms with Crippen molar-refractivity contribution in [1.29, 1.82) is 0 Å². The number of aromatic nitrogens is 4. The van der Waals surface area contributed by atoms with Crippen LogP contribution in [0.15, 0.2) is 17.4 Å². The first-order chi connectivity index (χ1) is 7.78. The molecule has 2 rings (SSSR count). The lowest BCUT2D eigenvalue weighted by Crippen LogP contribution is -1.89. The summed E-state index contributed by atoms with van der Waals surface area (Å²) < 4.78 is 0. The van der Waals surface area contributed by atoms with E-state index in [2.05, 4.69) is 25.5 Å². The lowest BCUT2D eigenvalue weighted by atomic mass is 10.5. The van der Waals surface area contributed by atoms with E-state index in [-0.39, 0.29) is 0 Å². The van der Waals surface area contributed by atoms with Crippen LogP contribution in [-0.2, 0) is 5.75 Å². The maximum absolute atomic E-state index is 4.31. The Morgan fingerprint density at radius 1 is 1.44 bits per heavy atom. The van der Waals surface area contributed by atoms with Crippen LogP contribution in [0.4, 0.5) is 5.13 Å². The fraction of sp³-hybridized carbons (Fsp3) is 0.333. The van der Waals surface area contributed by atoms with Crippen LogP contribution in [0.5, 0.6) is 0 Å². The summed E-state index contributed by atoms with van der Waals surface area (Å²) in [6, 6.07) is 1.88. The SMILES string of the molecule is CNc1nnc(CSc2nccc(C)n2)s1. The molecule has 2 heterocycles. The predicted octanol–water partition coefficient (Wildman–Crippen LogP) is 1.97. The van der Waals surface area contributed by atoms with Crippen LogP contribution in [0.2, 0.25) is 0 Å². The molecule has 0 fully saturated rings. The Hall–Kier alpha value is -1.21. The third kappa shape index (κ3) is 2.89. The summed E-state index contributed by atoms with van der Waals surface area (Å²) in [5, 5.41) is 13.6. The zero-order valence-electron chi connectivity index (χ0n) is 8.97. The summed E-state index contributed by atoms with van der Waals surface area (Å²) in [5.41, 5.74) is 0.977. The Morgan fingerprint density at radius 2 is 2.31 bits per heavy atom. The number of nitrogens with one attached hydrogen (secondary N) is 1. The van der Waals surface area contributed by atoms with Gasteiger partial charge in [0.1, 0.15) is 5.01 Å². The van der Waals surface area contributed by atoms with Crippen LogP contribution in [0.3, 0.4) is 0 Å². The first-order valence-corrected chi connectivity index (χ1v) is 6.50. The summed E-state index contributed by atoms with van der Waals surface area (Å²) in [6.07, 6.45) is 1.77. The molecule has 0 aromatic carbocycles. The van der Waals surface area contributed by atoms with Gasteiger partial charge in [-0.1, -0.05) is 23.1 Å². The van der Waals surface area contributed by atoms with Crippen molar-refractivity contribution in [2.45, 2.75) is 17.8 Å². The van der Waals surface area contributed by atoms with Gasteiger partial charge in [0, 0.05) is 18.9 Å². The Morgan fingerprint density at radius 3 is 3.00 bits per heavy atom. The van der Waals surface area contributed by atoms with Crippen LogP contribution < -0.4 is 5.32 Å². The van der Waals surface area contributed by atoms with E-state index in [1.54, 1.807) is 29.3 Å². The van der Waals surface area contributed by atoms with Crippen molar-refractivity contribution >= 4 is 28.2 Å². The predicted molar refractivity (Wildman–Crippen MR) is 65.8 cm³/mol. The largest absolute Gasteiger partial charge is 0.363 e. The standard InChI is InChI=1S/C9H11N5S2/c1-6-3-4-11-9(12-6)15-5-7-13-14-8(10-2)16-7/h3-4H,5H2,1-2H3,(H,10,14). The second-order valence-electron chi connectivity index (χ2n) is 3.02. The first kappa shape index (κ1) is 11.3. The minimum absolute atomic E-state index is 0.753. The summed E-state index contributed by atoms with van der Waals surface area (Å²) in [5.74, 6) is 0.753. The van der Waals surface area contributed by atoms with Gasteiger partial charge < -0.3 is 5.32 Å². The topological polar surface area (TPSA) is 63.6 Å². The molecule has 0 amide bonds. The number of hydrogen-bond acceptors (Lipinski definition) is 7. The highest BCUT2D eigenvalue weighted by atomic mass is 32.2. The molecular formula is C9H11N5S2. The molecule has 0 aliphatic rings. The van der Waals surface area contributed by atoms with Crippen molar-refractivity contribution in [1.82, 2.24) is 20.2 Å². The lowest BCUT2D eigenvalue weighted by molar-refractivity contribution is 0.930. The van der Waals surface area contributed by atoms with Crippen LogP contribution >= 0.6 is 23.1 Å². The highest BCUT2D eigenvalue weighted by Gasteiger charge is 2.04. The van der Waals surface area contributed by atoms with E-state index in [0.29, 0.717) is 0 Å². The second-order valence-corrected chi connectivity index (χ2v) is 5.02. The molecule has 0 aliphatic heterocycles. The first-order valence-electron chi connectivity index (χ1n) is 4.70. The quantitative estimate of drug-likeness (QED) is 0.664. The number of hydrogen-bond donors (Lipinski definition) is 1. The number of nitrogens with zero attached hydrogens (tertiary/aromatic N) is 4. The zero-order chi connectivity index (χ0) is 11.4. The van der Waals surface area contributed by atoms with Crippen LogP contribution in [0.25, 0.3) is 0 Å². The van der Waals surface area contributed by atoms with E-state index in [1.165, 1.54) is 0 Å². The van der Waals surface area contributed by atoms with Gasteiger partial charge in [0.25, 0.3) is 0 Å². The van der Waals surface area contributed by atoms with Gasteiger partial charge in [-0.3, -0.25) is 0 Å². The van der Waals surface area contributed by atoms with Gasteiger partial charge in [-0.25, -0.2) is 9.97 Å². The number of aryl methyl sites for hydroxylation is 1. The molecule has 84 valence electrons. The maximum atomic E-state index is 4.31. The lowest BCUT2D eigenvalue weighted by Gasteiger charge is -1.97. The van der Waals surface area contributed by atoms with Gasteiger partial charge >= 0.3 is 0 Å². The molecule has 1 N–H and O–H groups in total. The van der Waals surface area contributed by atoms with Crippen molar-refractivity contribution in [3.05, 3.63) is 23.0 Å². The van der Waals surface area contributed by atoms with Gasteiger partial charge in [-0.15, -0.1) is 10.2 Å². The molecule has 5 nitrogen and oxygen atoms in total. The minimum Gasteiger partial charge on any atom is -0.363 e. The fourth-order valence-electron chi connectivity index (χ4n) is 1.03. The maximum Gasteiger partial charge on any atom is 0.205 e. The molecule has 7 heteroatoms. The van der Waals surface area contributed by atoms with Crippen LogP contribution in [0, 0.1) is 6.92 Å². The Kier molecular flexibility index (Phi) is 3.68. The molecule has 0 bridgehead atoms. The number of anilines is 1. The van der Waals surface area contributed by atoms with Gasteiger partial charge in [0.15, 0.2) is 5.16 Å². The van der Waals surface area contributed by atoms with E-state index >= 15 is 0 Å². The third-order valence-electron chi connectivity index (χ3n) is 1.78. The number of thioether (sulfide) groups is 1. The molecule has 16 heavy (non-hydrogen) atoms. The van der Waals surface area contributed by atoms with E-state index in [1.807, 2.05) is 20.0 Å². The summed E-state index contributed by atoms with van der Waals surface area (Å²) in [4.78, 5) is 8.48. The van der Waals surface area contributed by atoms with Crippen molar-refractivity contribution < 1.29 is 0 Å². The second kappa shape index (κ2) is 5.22. The van der Waals surface area contributed by atoms with E-state index in [9.17, 15) is 0 Å². The van der Waals surface area contributed by atoms with E-state index in [4.69, 9.17) is 0 Å². The fourth-order valence-corrected chi connectivity index (χ4v) is 2.59. The molecule has 0 unspecified atom stereocenters. The summed E-state index contributed by atoms with van der Waals surface area (Å²) in [7, 11) is 1.83. The van der Waals surface area contributed by atoms with Crippen molar-refractivity contribution in [2.75, 3.05) is 12.4 Å². The van der Waals surface area contributed by atoms with Crippen molar-refractivity contribution in [3.63, 3.8) is 0 Å². The Balaban J connectivity index is 1.96. The van der Waals surface area contributed by atoms with E-state index in [0.717, 1.165) is 26.7 Å². The Bertz CT molecular complexity index is 470. The molecular weight excluding hydrogens is 242 g/mol.